The molecule has 0 saturated heterocycles. The maximum atomic E-state index is 12.6. The molecule has 1 fully saturated rings. The highest BCUT2D eigenvalue weighted by molar-refractivity contribution is 9.10. The van der Waals surface area contributed by atoms with Gasteiger partial charge in [-0.1, -0.05) is 0 Å². The Hall–Kier alpha value is -1.93. The minimum Gasteiger partial charge on any atom is -0.342 e. The van der Waals surface area contributed by atoms with Gasteiger partial charge in [0.15, 0.2) is 12.0 Å². The van der Waals surface area contributed by atoms with Crippen LogP contribution in [-0.2, 0) is 0 Å². The Morgan fingerprint density at radius 1 is 1.26 bits per heavy atom. The van der Waals surface area contributed by atoms with Gasteiger partial charge in [-0.15, -0.1) is 0 Å². The number of hydrogen-bond acceptors (Lipinski definition) is 2. The summed E-state index contributed by atoms with van der Waals surface area (Å²) in [6.45, 7) is 0.299. The van der Waals surface area contributed by atoms with Crippen LogP contribution >= 0.6 is 15.9 Å². The van der Waals surface area contributed by atoms with E-state index in [1.807, 2.05) is 30.6 Å². The fourth-order valence-electron chi connectivity index (χ4n) is 3.35. The van der Waals surface area contributed by atoms with Gasteiger partial charge in [0.2, 0.25) is 0 Å². The van der Waals surface area contributed by atoms with E-state index in [1.54, 1.807) is 12.5 Å². The lowest BCUT2D eigenvalue weighted by Gasteiger charge is -2.28. The van der Waals surface area contributed by atoms with Gasteiger partial charge in [-0.05, 0) is 40.9 Å². The molecule has 4 nitrogen and oxygen atoms in total. The number of aliphatic imine (C=N–C) groups is 1. The number of nitrogens with zero attached hydrogens (tertiary/aromatic N) is 3. The highest BCUT2D eigenvalue weighted by atomic mass is 79.9. The summed E-state index contributed by atoms with van der Waals surface area (Å²) in [5.41, 5.74) is 2.79. The van der Waals surface area contributed by atoms with Gasteiger partial charge >= 0.3 is 6.18 Å². The number of benzene rings is 1. The largest absolute Gasteiger partial charge is 0.389 e. The molecule has 2 heterocycles. The molecule has 1 aromatic heterocycles. The average molecular weight is 440 g/mol. The molecule has 1 aliphatic heterocycles. The van der Waals surface area contributed by atoms with Crippen molar-refractivity contribution in [2.45, 2.75) is 37.8 Å². The van der Waals surface area contributed by atoms with Gasteiger partial charge < -0.3 is 4.98 Å². The van der Waals surface area contributed by atoms with Crippen LogP contribution in [0.1, 0.15) is 37.4 Å². The van der Waals surface area contributed by atoms with Crippen molar-refractivity contribution in [2.75, 3.05) is 6.54 Å². The first-order valence-corrected chi connectivity index (χ1v) is 9.67. The molecule has 142 valence electrons. The van der Waals surface area contributed by atoms with E-state index in [0.717, 1.165) is 27.2 Å². The zero-order chi connectivity index (χ0) is 19.1. The molecule has 1 atom stereocenters. The monoisotopic (exact) mass is 439 g/mol. The van der Waals surface area contributed by atoms with Crippen molar-refractivity contribution in [2.24, 2.45) is 4.99 Å². The highest BCUT2D eigenvalue weighted by Gasteiger charge is 2.34. The summed E-state index contributed by atoms with van der Waals surface area (Å²) in [5.74, 6) is 1.57. The topological polar surface area (TPSA) is 41.0 Å². The number of H-pyrrole nitrogens is 1. The predicted molar refractivity (Wildman–Crippen MR) is 103 cm³/mol. The number of aromatic nitrogens is 2. The van der Waals surface area contributed by atoms with E-state index in [4.69, 9.17) is 0 Å². The first kappa shape index (κ1) is 18.4. The molecular weight excluding hydrogens is 421 g/mol. The Labute approximate surface area is 163 Å². The van der Waals surface area contributed by atoms with E-state index in [0.29, 0.717) is 12.5 Å². The van der Waals surface area contributed by atoms with Crippen LogP contribution in [0.4, 0.5) is 18.9 Å². The summed E-state index contributed by atoms with van der Waals surface area (Å²) < 4.78 is 38.7. The van der Waals surface area contributed by atoms with E-state index in [1.165, 1.54) is 12.8 Å². The van der Waals surface area contributed by atoms with E-state index in [9.17, 15) is 13.2 Å². The van der Waals surface area contributed by atoms with E-state index in [2.05, 4.69) is 30.9 Å². The number of nitrogens with one attached hydrogen (secondary N) is 1. The number of halogens is 4. The summed E-state index contributed by atoms with van der Waals surface area (Å²) in [6, 6.07) is 5.88. The summed E-state index contributed by atoms with van der Waals surface area (Å²) in [4.78, 5) is 11.9. The Bertz CT molecular complexity index is 885. The van der Waals surface area contributed by atoms with Crippen LogP contribution in [0.3, 0.4) is 0 Å². The molecule has 0 bridgehead atoms. The minimum atomic E-state index is -4.15. The van der Waals surface area contributed by atoms with Crippen LogP contribution in [0.15, 0.2) is 46.3 Å². The molecule has 27 heavy (non-hydrogen) atoms. The van der Waals surface area contributed by atoms with Crippen molar-refractivity contribution in [1.29, 1.82) is 0 Å². The fraction of sp³-hybridized carbons (Fsp3) is 0.368. The lowest BCUT2D eigenvalue weighted by molar-refractivity contribution is -0.135. The lowest BCUT2D eigenvalue weighted by Crippen LogP contribution is -2.42. The van der Waals surface area contributed by atoms with Crippen LogP contribution in [0, 0.1) is 0 Å². The van der Waals surface area contributed by atoms with Crippen LogP contribution in [0.25, 0.3) is 11.3 Å². The SMILES string of the molecule is FC(F)(F)CCC[N+]1(c2ccc(-c3cnc(C4CC4)[nH]3)cc2Br)C=CN=C1. The van der Waals surface area contributed by atoms with Crippen LogP contribution in [0.2, 0.25) is 0 Å². The Kier molecular flexibility index (Phi) is 4.71. The normalized spacial score (nSPS) is 21.9. The summed E-state index contributed by atoms with van der Waals surface area (Å²) in [6.07, 6.45) is 4.39. The number of alkyl halides is 3. The molecule has 0 amide bonds. The van der Waals surface area contributed by atoms with Crippen molar-refractivity contribution in [1.82, 2.24) is 14.5 Å². The molecular formula is C19H19BrF3N4+. The third kappa shape index (κ3) is 4.01. The molecule has 0 radical (unpaired) electrons. The summed E-state index contributed by atoms with van der Waals surface area (Å²) >= 11 is 3.60. The van der Waals surface area contributed by atoms with Gasteiger partial charge in [-0.3, -0.25) is 0 Å². The molecule has 1 aliphatic carbocycles. The number of aromatic amines is 1. The van der Waals surface area contributed by atoms with Crippen molar-refractivity contribution in [3.63, 3.8) is 0 Å². The van der Waals surface area contributed by atoms with Crippen LogP contribution in [-0.4, -0.2) is 29.0 Å². The molecule has 1 aromatic carbocycles. The second-order valence-electron chi connectivity index (χ2n) is 7.06. The van der Waals surface area contributed by atoms with Crippen molar-refractivity contribution in [3.8, 4) is 11.3 Å². The smallest absolute Gasteiger partial charge is 0.342 e. The molecule has 0 spiro atoms. The molecule has 2 aliphatic rings. The maximum absolute atomic E-state index is 12.6. The number of hydrogen-bond donors (Lipinski definition) is 1. The lowest BCUT2D eigenvalue weighted by atomic mass is 10.1. The van der Waals surface area contributed by atoms with E-state index in [-0.39, 0.29) is 10.9 Å². The second kappa shape index (κ2) is 6.91. The zero-order valence-corrected chi connectivity index (χ0v) is 16.1. The van der Waals surface area contributed by atoms with Gasteiger partial charge in [-0.25, -0.2) is 14.5 Å². The van der Waals surface area contributed by atoms with Crippen molar-refractivity contribution >= 4 is 28.0 Å². The minimum absolute atomic E-state index is 0.0271. The van der Waals surface area contributed by atoms with E-state index >= 15 is 0 Å². The number of rotatable bonds is 6. The molecule has 4 rings (SSSR count). The Morgan fingerprint density at radius 2 is 2.07 bits per heavy atom. The van der Waals surface area contributed by atoms with Gasteiger partial charge in [0.25, 0.3) is 0 Å². The molecule has 1 N–H and O–H groups in total. The first-order chi connectivity index (χ1) is 12.9. The van der Waals surface area contributed by atoms with Crippen LogP contribution in [0.5, 0.6) is 0 Å². The third-order valence-electron chi connectivity index (χ3n) is 4.95. The summed E-state index contributed by atoms with van der Waals surface area (Å²) in [5, 5.41) is 0. The zero-order valence-electron chi connectivity index (χ0n) is 14.5. The van der Waals surface area contributed by atoms with Gasteiger partial charge in [0.1, 0.15) is 12.0 Å². The average Bonchev–Trinajstić information content (AvgIpc) is 3.15. The standard InChI is InChI=1S/C19H19BrF3N4/c20-15-10-14(16-11-25-18(26-16)13-2-3-13)4-5-17(15)27(9-7-24-12-27)8-1-6-19(21,22)23/h4-5,7,9-13H,1-3,6,8H2,(H,25,26)/q+1. The highest BCUT2D eigenvalue weighted by Crippen LogP contribution is 2.40. The molecule has 8 heteroatoms. The number of quaternary nitrogens is 1. The second-order valence-corrected chi connectivity index (χ2v) is 7.91. The van der Waals surface area contributed by atoms with E-state index < -0.39 is 12.6 Å². The fourth-order valence-corrected chi connectivity index (χ4v) is 4.06. The van der Waals surface area contributed by atoms with Crippen molar-refractivity contribution in [3.05, 3.63) is 47.1 Å². The van der Waals surface area contributed by atoms with Gasteiger partial charge in [-0.2, -0.15) is 13.2 Å². The number of imidazole rings is 1. The van der Waals surface area contributed by atoms with Gasteiger partial charge in [0.05, 0.1) is 29.1 Å². The Morgan fingerprint density at radius 3 is 2.70 bits per heavy atom. The molecule has 2 aromatic rings. The quantitative estimate of drug-likeness (QED) is 0.560. The predicted octanol–water partition coefficient (Wildman–Crippen LogP) is 5.88. The van der Waals surface area contributed by atoms with Gasteiger partial charge in [0, 0.05) is 30.4 Å². The summed E-state index contributed by atoms with van der Waals surface area (Å²) in [7, 11) is 0. The Balaban J connectivity index is 1.57. The third-order valence-corrected chi connectivity index (χ3v) is 5.58. The maximum Gasteiger partial charge on any atom is 0.389 e. The first-order valence-electron chi connectivity index (χ1n) is 8.88. The van der Waals surface area contributed by atoms with Crippen LogP contribution < -0.4 is 4.48 Å². The molecule has 1 unspecified atom stereocenters. The van der Waals surface area contributed by atoms with Crippen molar-refractivity contribution < 1.29 is 13.2 Å². The molecule has 1 saturated carbocycles.